The highest BCUT2D eigenvalue weighted by molar-refractivity contribution is 14.0. The maximum Gasteiger partial charge on any atom is 0.225 e. The van der Waals surface area contributed by atoms with E-state index in [-0.39, 0.29) is 24.0 Å². The van der Waals surface area contributed by atoms with Crippen LogP contribution in [0.25, 0.3) is 0 Å². The van der Waals surface area contributed by atoms with E-state index in [4.69, 9.17) is 5.73 Å². The molecule has 0 radical (unpaired) electrons. The molecule has 0 atom stereocenters. The standard InChI is InChI=1S/C14H24N6S.HI/c1-12(2)21-11-6-16-13(15)19-7-9-20(10-8-19)14-17-4-3-5-18-14;/h3-5,12H,6-11H2,1-2H3,(H2,15,16);1H. The van der Waals surface area contributed by atoms with E-state index in [9.17, 15) is 0 Å². The molecule has 0 saturated carbocycles. The highest BCUT2D eigenvalue weighted by Gasteiger charge is 2.19. The summed E-state index contributed by atoms with van der Waals surface area (Å²) in [5.41, 5.74) is 6.07. The minimum atomic E-state index is 0. The molecular weight excluding hydrogens is 411 g/mol. The fourth-order valence-electron chi connectivity index (χ4n) is 2.14. The van der Waals surface area contributed by atoms with Gasteiger partial charge in [0.2, 0.25) is 5.95 Å². The lowest BCUT2D eigenvalue weighted by atomic mass is 10.3. The normalized spacial score (nSPS) is 15.9. The van der Waals surface area contributed by atoms with Crippen molar-refractivity contribution in [3.63, 3.8) is 0 Å². The molecule has 1 saturated heterocycles. The van der Waals surface area contributed by atoms with Crippen LogP contribution in [-0.4, -0.2) is 64.6 Å². The Labute approximate surface area is 154 Å². The Morgan fingerprint density at radius 3 is 2.50 bits per heavy atom. The number of nitrogens with zero attached hydrogens (tertiary/aromatic N) is 5. The van der Waals surface area contributed by atoms with Crippen molar-refractivity contribution in [2.24, 2.45) is 10.7 Å². The number of halogens is 1. The van der Waals surface area contributed by atoms with E-state index in [1.54, 1.807) is 12.4 Å². The number of hydrogen-bond acceptors (Lipinski definition) is 5. The molecule has 124 valence electrons. The highest BCUT2D eigenvalue weighted by Crippen LogP contribution is 2.10. The number of anilines is 1. The Morgan fingerprint density at radius 1 is 1.27 bits per heavy atom. The molecule has 22 heavy (non-hydrogen) atoms. The third kappa shape index (κ3) is 6.15. The van der Waals surface area contributed by atoms with Crippen LogP contribution in [0.2, 0.25) is 0 Å². The SMILES string of the molecule is CC(C)SCCN=C(N)N1CCN(c2ncccn2)CC1.I. The van der Waals surface area contributed by atoms with Gasteiger partial charge in [0.25, 0.3) is 0 Å². The van der Waals surface area contributed by atoms with Gasteiger partial charge >= 0.3 is 0 Å². The molecule has 2 N–H and O–H groups in total. The van der Waals surface area contributed by atoms with Crippen molar-refractivity contribution >= 4 is 47.6 Å². The Bertz CT molecular complexity index is 448. The summed E-state index contributed by atoms with van der Waals surface area (Å²) in [4.78, 5) is 17.3. The van der Waals surface area contributed by atoms with Crippen molar-refractivity contribution in [1.82, 2.24) is 14.9 Å². The molecule has 6 nitrogen and oxygen atoms in total. The second-order valence-electron chi connectivity index (χ2n) is 5.18. The molecule has 0 bridgehead atoms. The van der Waals surface area contributed by atoms with Gasteiger partial charge < -0.3 is 15.5 Å². The van der Waals surface area contributed by atoms with Crippen molar-refractivity contribution in [2.75, 3.05) is 43.4 Å². The first-order valence-electron chi connectivity index (χ1n) is 7.35. The number of hydrogen-bond donors (Lipinski definition) is 1. The smallest absolute Gasteiger partial charge is 0.225 e. The van der Waals surface area contributed by atoms with Gasteiger partial charge in [0, 0.05) is 44.3 Å². The van der Waals surface area contributed by atoms with Gasteiger partial charge in [-0.3, -0.25) is 4.99 Å². The second-order valence-corrected chi connectivity index (χ2v) is 6.87. The third-order valence-corrected chi connectivity index (χ3v) is 4.34. The minimum Gasteiger partial charge on any atom is -0.370 e. The first kappa shape index (κ1) is 19.3. The summed E-state index contributed by atoms with van der Waals surface area (Å²) in [5.74, 6) is 2.48. The highest BCUT2D eigenvalue weighted by atomic mass is 127. The van der Waals surface area contributed by atoms with Gasteiger partial charge in [-0.2, -0.15) is 11.8 Å². The summed E-state index contributed by atoms with van der Waals surface area (Å²) >= 11 is 1.91. The number of aromatic nitrogens is 2. The lowest BCUT2D eigenvalue weighted by Crippen LogP contribution is -2.51. The third-order valence-electron chi connectivity index (χ3n) is 3.25. The summed E-state index contributed by atoms with van der Waals surface area (Å²) in [6.45, 7) is 8.67. The van der Waals surface area contributed by atoms with Gasteiger partial charge in [0.1, 0.15) is 0 Å². The van der Waals surface area contributed by atoms with Crippen molar-refractivity contribution in [1.29, 1.82) is 0 Å². The van der Waals surface area contributed by atoms with Crippen LogP contribution in [0.1, 0.15) is 13.8 Å². The first-order valence-corrected chi connectivity index (χ1v) is 8.40. The molecule has 1 aromatic rings. The second kappa shape index (κ2) is 10.1. The molecular formula is C14H25IN6S. The summed E-state index contributed by atoms with van der Waals surface area (Å²) in [6, 6.07) is 1.83. The molecule has 1 aliphatic heterocycles. The van der Waals surface area contributed by atoms with Crippen LogP contribution in [0.3, 0.4) is 0 Å². The maximum absolute atomic E-state index is 6.07. The van der Waals surface area contributed by atoms with Crippen molar-refractivity contribution in [3.05, 3.63) is 18.5 Å². The summed E-state index contributed by atoms with van der Waals surface area (Å²) in [7, 11) is 0. The Balaban J connectivity index is 0.00000242. The topological polar surface area (TPSA) is 70.6 Å². The van der Waals surface area contributed by atoms with Gasteiger partial charge in [0.15, 0.2) is 5.96 Å². The molecule has 1 aromatic heterocycles. The van der Waals surface area contributed by atoms with Crippen LogP contribution >= 0.6 is 35.7 Å². The zero-order chi connectivity index (χ0) is 15.1. The van der Waals surface area contributed by atoms with Crippen LogP contribution < -0.4 is 10.6 Å². The van der Waals surface area contributed by atoms with Gasteiger partial charge in [0.05, 0.1) is 6.54 Å². The molecule has 0 aliphatic carbocycles. The number of nitrogens with two attached hydrogens (primary N) is 1. The summed E-state index contributed by atoms with van der Waals surface area (Å²) < 4.78 is 0. The zero-order valence-corrected chi connectivity index (χ0v) is 16.3. The summed E-state index contributed by atoms with van der Waals surface area (Å²) in [5, 5.41) is 0.649. The largest absolute Gasteiger partial charge is 0.370 e. The number of piperazine rings is 1. The van der Waals surface area contributed by atoms with Crippen molar-refractivity contribution in [3.8, 4) is 0 Å². The molecule has 1 aliphatic rings. The van der Waals surface area contributed by atoms with E-state index in [2.05, 4.69) is 38.6 Å². The molecule has 8 heteroatoms. The quantitative estimate of drug-likeness (QED) is 0.328. The molecule has 2 heterocycles. The maximum atomic E-state index is 6.07. The van der Waals surface area contributed by atoms with E-state index in [1.165, 1.54) is 0 Å². The van der Waals surface area contributed by atoms with E-state index in [0.717, 1.165) is 44.4 Å². The fraction of sp³-hybridized carbons (Fsp3) is 0.643. The van der Waals surface area contributed by atoms with E-state index < -0.39 is 0 Å². The number of thioether (sulfide) groups is 1. The number of rotatable bonds is 5. The predicted molar refractivity (Wildman–Crippen MR) is 105 cm³/mol. The van der Waals surface area contributed by atoms with Crippen LogP contribution in [0.5, 0.6) is 0 Å². The van der Waals surface area contributed by atoms with Gasteiger partial charge in [-0.05, 0) is 11.3 Å². The number of aliphatic imine (C=N–C) groups is 1. The van der Waals surface area contributed by atoms with Gasteiger partial charge in [-0.25, -0.2) is 9.97 Å². The average molecular weight is 436 g/mol. The van der Waals surface area contributed by atoms with Crippen molar-refractivity contribution < 1.29 is 0 Å². The minimum absolute atomic E-state index is 0. The van der Waals surface area contributed by atoms with Crippen LogP contribution in [-0.2, 0) is 0 Å². The van der Waals surface area contributed by atoms with E-state index in [0.29, 0.717) is 11.2 Å². The Hall–Kier alpha value is -0.770. The van der Waals surface area contributed by atoms with Crippen LogP contribution in [0.4, 0.5) is 5.95 Å². The lowest BCUT2D eigenvalue weighted by Gasteiger charge is -2.35. The predicted octanol–water partition coefficient (Wildman–Crippen LogP) is 1.67. The molecule has 1 fully saturated rings. The van der Waals surface area contributed by atoms with Crippen molar-refractivity contribution in [2.45, 2.75) is 19.1 Å². The first-order chi connectivity index (χ1) is 10.2. The summed E-state index contributed by atoms with van der Waals surface area (Å²) in [6.07, 6.45) is 3.55. The average Bonchev–Trinajstić information content (AvgIpc) is 2.52. The molecule has 2 rings (SSSR count). The van der Waals surface area contributed by atoms with Gasteiger partial charge in [-0.15, -0.1) is 24.0 Å². The lowest BCUT2D eigenvalue weighted by molar-refractivity contribution is 0.378. The Morgan fingerprint density at radius 2 is 1.91 bits per heavy atom. The zero-order valence-electron chi connectivity index (χ0n) is 13.2. The van der Waals surface area contributed by atoms with Gasteiger partial charge in [-0.1, -0.05) is 13.8 Å². The Kier molecular flexibility index (Phi) is 8.84. The molecule has 0 aromatic carbocycles. The fourth-order valence-corrected chi connectivity index (χ4v) is 2.81. The monoisotopic (exact) mass is 436 g/mol. The van der Waals surface area contributed by atoms with E-state index >= 15 is 0 Å². The molecule has 0 spiro atoms. The van der Waals surface area contributed by atoms with E-state index in [1.807, 2.05) is 17.8 Å². The van der Waals surface area contributed by atoms with Crippen LogP contribution in [0, 0.1) is 0 Å². The molecule has 0 amide bonds. The number of guanidine groups is 1. The molecule has 0 unspecified atom stereocenters. The van der Waals surface area contributed by atoms with Crippen LogP contribution in [0.15, 0.2) is 23.5 Å².